The molecule has 100 valence electrons. The number of nitrogens with one attached hydrogen (secondary N) is 1. The van der Waals surface area contributed by atoms with Gasteiger partial charge < -0.3 is 5.73 Å². The molecule has 0 aliphatic heterocycles. The van der Waals surface area contributed by atoms with Gasteiger partial charge in [0.05, 0.1) is 16.8 Å². The molecule has 0 radical (unpaired) electrons. The van der Waals surface area contributed by atoms with E-state index in [0.717, 1.165) is 12.0 Å². The van der Waals surface area contributed by atoms with Crippen LogP contribution in [0.2, 0.25) is 0 Å². The van der Waals surface area contributed by atoms with Crippen LogP contribution in [0.3, 0.4) is 0 Å². The van der Waals surface area contributed by atoms with Crippen LogP contribution >= 0.6 is 0 Å². The molecule has 5 nitrogen and oxygen atoms in total. The summed E-state index contributed by atoms with van der Waals surface area (Å²) in [5, 5.41) is 0. The van der Waals surface area contributed by atoms with Gasteiger partial charge in [-0.3, -0.25) is 4.72 Å². The van der Waals surface area contributed by atoms with Gasteiger partial charge in [-0.1, -0.05) is 19.1 Å². The summed E-state index contributed by atoms with van der Waals surface area (Å²) in [6.07, 6.45) is 2.25. The molecule has 3 N–H and O–H groups in total. The van der Waals surface area contributed by atoms with Crippen molar-refractivity contribution < 1.29 is 8.42 Å². The summed E-state index contributed by atoms with van der Waals surface area (Å²) >= 11 is 0. The van der Waals surface area contributed by atoms with Crippen LogP contribution in [0.1, 0.15) is 12.5 Å². The lowest BCUT2D eigenvalue weighted by Gasteiger charge is -2.08. The van der Waals surface area contributed by atoms with Crippen LogP contribution in [0.25, 0.3) is 0 Å². The third-order valence-electron chi connectivity index (χ3n) is 2.68. The summed E-state index contributed by atoms with van der Waals surface area (Å²) < 4.78 is 26.7. The maximum Gasteiger partial charge on any atom is 0.261 e. The summed E-state index contributed by atoms with van der Waals surface area (Å²) in [4.78, 5) is 4.06. The van der Waals surface area contributed by atoms with Gasteiger partial charge in [0, 0.05) is 0 Å². The van der Waals surface area contributed by atoms with Crippen molar-refractivity contribution in [2.24, 2.45) is 0 Å². The van der Waals surface area contributed by atoms with Gasteiger partial charge in [0.25, 0.3) is 10.0 Å². The van der Waals surface area contributed by atoms with Gasteiger partial charge in [-0.2, -0.15) is 0 Å². The van der Waals surface area contributed by atoms with E-state index in [4.69, 9.17) is 5.73 Å². The third-order valence-corrected chi connectivity index (χ3v) is 4.08. The zero-order chi connectivity index (χ0) is 13.9. The third kappa shape index (κ3) is 3.23. The van der Waals surface area contributed by atoms with E-state index in [9.17, 15) is 8.42 Å². The number of pyridine rings is 1. The highest BCUT2D eigenvalue weighted by Crippen LogP contribution is 2.16. The van der Waals surface area contributed by atoms with Crippen LogP contribution in [-0.4, -0.2) is 13.4 Å². The number of sulfonamides is 1. The van der Waals surface area contributed by atoms with Crippen molar-refractivity contribution in [3.63, 3.8) is 0 Å². The molecule has 1 aromatic carbocycles. The smallest absolute Gasteiger partial charge is 0.261 e. The van der Waals surface area contributed by atoms with Crippen molar-refractivity contribution >= 4 is 21.5 Å². The highest BCUT2D eigenvalue weighted by atomic mass is 32.2. The maximum absolute atomic E-state index is 12.1. The molecule has 0 saturated heterocycles. The second-order valence-corrected chi connectivity index (χ2v) is 5.76. The highest BCUT2D eigenvalue weighted by Gasteiger charge is 2.13. The van der Waals surface area contributed by atoms with E-state index in [0.29, 0.717) is 11.5 Å². The van der Waals surface area contributed by atoms with Crippen LogP contribution in [-0.2, 0) is 16.4 Å². The predicted molar refractivity (Wildman–Crippen MR) is 75.3 cm³/mol. The minimum absolute atomic E-state index is 0.224. The minimum atomic E-state index is -3.58. The van der Waals surface area contributed by atoms with Crippen molar-refractivity contribution in [2.45, 2.75) is 18.2 Å². The van der Waals surface area contributed by atoms with E-state index in [1.807, 2.05) is 6.92 Å². The van der Waals surface area contributed by atoms with Crippen molar-refractivity contribution in [3.05, 3.63) is 48.2 Å². The van der Waals surface area contributed by atoms with E-state index >= 15 is 0 Å². The molecule has 0 amide bonds. The summed E-state index contributed by atoms with van der Waals surface area (Å²) in [7, 11) is -3.58. The largest absolute Gasteiger partial charge is 0.384 e. The summed E-state index contributed by atoms with van der Waals surface area (Å²) in [6.45, 7) is 2.02. The van der Waals surface area contributed by atoms with Gasteiger partial charge >= 0.3 is 0 Å². The van der Waals surface area contributed by atoms with E-state index in [-0.39, 0.29) is 4.90 Å². The topological polar surface area (TPSA) is 85.1 Å². The number of benzene rings is 1. The SMILES string of the molecule is CCc1ccc(S(=O)(=O)Nc2ccc(N)nc2)cc1. The van der Waals surface area contributed by atoms with Crippen LogP contribution in [0.4, 0.5) is 11.5 Å². The fourth-order valence-corrected chi connectivity index (χ4v) is 2.63. The molecular weight excluding hydrogens is 262 g/mol. The van der Waals surface area contributed by atoms with Crippen LogP contribution < -0.4 is 10.5 Å². The lowest BCUT2D eigenvalue weighted by molar-refractivity contribution is 0.601. The second kappa shape index (κ2) is 5.27. The number of aromatic nitrogens is 1. The number of aryl methyl sites for hydroxylation is 1. The Labute approximate surface area is 112 Å². The molecule has 0 aliphatic carbocycles. The maximum atomic E-state index is 12.1. The van der Waals surface area contributed by atoms with Gasteiger partial charge in [0.15, 0.2) is 0 Å². The van der Waals surface area contributed by atoms with E-state index in [1.54, 1.807) is 30.3 Å². The Kier molecular flexibility index (Phi) is 3.71. The number of nitrogen functional groups attached to an aromatic ring is 1. The van der Waals surface area contributed by atoms with Crippen molar-refractivity contribution in [1.29, 1.82) is 0 Å². The summed E-state index contributed by atoms with van der Waals surface area (Å²) in [5.41, 5.74) is 6.92. The molecule has 0 saturated carbocycles. The lowest BCUT2D eigenvalue weighted by atomic mass is 10.2. The van der Waals surface area contributed by atoms with Gasteiger partial charge in [-0.25, -0.2) is 13.4 Å². The monoisotopic (exact) mass is 277 g/mol. The first-order valence-electron chi connectivity index (χ1n) is 5.84. The van der Waals surface area contributed by atoms with Gasteiger partial charge in [-0.05, 0) is 36.2 Å². The Morgan fingerprint density at radius 3 is 2.37 bits per heavy atom. The van der Waals surface area contributed by atoms with E-state index < -0.39 is 10.0 Å². The Morgan fingerprint density at radius 2 is 1.84 bits per heavy atom. The minimum Gasteiger partial charge on any atom is -0.384 e. The number of hydrogen-bond donors (Lipinski definition) is 2. The summed E-state index contributed by atoms with van der Waals surface area (Å²) in [5.74, 6) is 0.343. The van der Waals surface area contributed by atoms with Crippen molar-refractivity contribution in [1.82, 2.24) is 4.98 Å². The highest BCUT2D eigenvalue weighted by molar-refractivity contribution is 7.92. The molecule has 0 unspecified atom stereocenters. The average Bonchev–Trinajstić information content (AvgIpc) is 2.41. The first kappa shape index (κ1) is 13.4. The van der Waals surface area contributed by atoms with Gasteiger partial charge in [0.2, 0.25) is 0 Å². The molecule has 1 aromatic heterocycles. The molecule has 1 heterocycles. The zero-order valence-electron chi connectivity index (χ0n) is 10.5. The molecule has 0 fully saturated rings. The van der Waals surface area contributed by atoms with Gasteiger partial charge in [-0.15, -0.1) is 0 Å². The summed E-state index contributed by atoms with van der Waals surface area (Å²) in [6, 6.07) is 9.89. The molecular formula is C13H15N3O2S. The van der Waals surface area contributed by atoms with Crippen LogP contribution in [0, 0.1) is 0 Å². The fraction of sp³-hybridized carbons (Fsp3) is 0.154. The number of nitrogens with zero attached hydrogens (tertiary/aromatic N) is 1. The van der Waals surface area contributed by atoms with Crippen molar-refractivity contribution in [2.75, 3.05) is 10.5 Å². The molecule has 6 heteroatoms. The Hall–Kier alpha value is -2.08. The molecule has 2 rings (SSSR count). The zero-order valence-corrected chi connectivity index (χ0v) is 11.3. The standard InChI is InChI=1S/C13H15N3O2S/c1-2-10-3-6-12(7-4-10)19(17,18)16-11-5-8-13(14)15-9-11/h3-9,16H,2H2,1H3,(H2,14,15). The van der Waals surface area contributed by atoms with Crippen molar-refractivity contribution in [3.8, 4) is 0 Å². The molecule has 2 aromatic rings. The van der Waals surface area contributed by atoms with Crippen LogP contribution in [0.15, 0.2) is 47.5 Å². The predicted octanol–water partition coefficient (Wildman–Crippen LogP) is 2.03. The molecule has 0 spiro atoms. The normalized spacial score (nSPS) is 11.2. The van der Waals surface area contributed by atoms with E-state index in [1.165, 1.54) is 12.3 Å². The molecule has 0 aliphatic rings. The Balaban J connectivity index is 2.24. The van der Waals surface area contributed by atoms with Crippen LogP contribution in [0.5, 0.6) is 0 Å². The Morgan fingerprint density at radius 1 is 1.16 bits per heavy atom. The number of nitrogens with two attached hydrogens (primary N) is 1. The molecule has 19 heavy (non-hydrogen) atoms. The first-order chi connectivity index (χ1) is 9.01. The average molecular weight is 277 g/mol. The number of anilines is 2. The van der Waals surface area contributed by atoms with Gasteiger partial charge in [0.1, 0.15) is 5.82 Å². The first-order valence-corrected chi connectivity index (χ1v) is 7.33. The number of hydrogen-bond acceptors (Lipinski definition) is 4. The number of rotatable bonds is 4. The lowest BCUT2D eigenvalue weighted by Crippen LogP contribution is -2.13. The fourth-order valence-electron chi connectivity index (χ4n) is 1.58. The van der Waals surface area contributed by atoms with E-state index in [2.05, 4.69) is 9.71 Å². The Bertz CT molecular complexity index is 649. The second-order valence-electron chi connectivity index (χ2n) is 4.07. The molecule has 0 atom stereocenters. The molecule has 0 bridgehead atoms. The quantitative estimate of drug-likeness (QED) is 0.895.